The Bertz CT molecular complexity index is 992. The van der Waals surface area contributed by atoms with E-state index >= 15 is 0 Å². The Morgan fingerprint density at radius 1 is 1.20 bits per heavy atom. The van der Waals surface area contributed by atoms with Crippen LogP contribution >= 0.6 is 15.9 Å². The molecule has 0 unspecified atom stereocenters. The number of nitrogens with zero attached hydrogens (tertiary/aromatic N) is 3. The summed E-state index contributed by atoms with van der Waals surface area (Å²) < 4.78 is 2.91. The molecule has 1 aliphatic rings. The number of hydrogen-bond acceptors (Lipinski definition) is 4. The fourth-order valence-corrected chi connectivity index (χ4v) is 3.71. The highest BCUT2D eigenvalue weighted by Gasteiger charge is 2.20. The monoisotopic (exact) mass is 398 g/mol. The molecule has 1 N–H and O–H groups in total. The first-order chi connectivity index (χ1) is 12.1. The lowest BCUT2D eigenvalue weighted by molar-refractivity contribution is 0.516. The quantitative estimate of drug-likeness (QED) is 0.692. The summed E-state index contributed by atoms with van der Waals surface area (Å²) in [5.41, 5.74) is 2.79. The number of hydrogen-bond donors (Lipinski definition) is 1. The second-order valence-corrected chi connectivity index (χ2v) is 7.40. The Hall–Kier alpha value is -2.21. The standard InChI is InChI=1S/C19H19BrN4O/c1-12-10-14(7-8-16(12)20)22-19-21-11-13-6-9-17(25)24(18(13)23-19)15-4-2-3-5-15/h6-11,15H,2-5H2,1H3,(H,21,22,23). The molecule has 5 nitrogen and oxygen atoms in total. The van der Waals surface area contributed by atoms with Crippen molar-refractivity contribution in [3.05, 3.63) is 56.9 Å². The molecule has 2 heterocycles. The summed E-state index contributed by atoms with van der Waals surface area (Å²) >= 11 is 3.51. The summed E-state index contributed by atoms with van der Waals surface area (Å²) in [6, 6.07) is 9.67. The number of aromatic nitrogens is 3. The van der Waals surface area contributed by atoms with E-state index in [9.17, 15) is 4.79 Å². The number of fused-ring (bicyclic) bond motifs is 1. The summed E-state index contributed by atoms with van der Waals surface area (Å²) in [5, 5.41) is 4.14. The Balaban J connectivity index is 1.77. The molecule has 0 bridgehead atoms. The van der Waals surface area contributed by atoms with E-state index in [1.54, 1.807) is 18.3 Å². The van der Waals surface area contributed by atoms with Crippen molar-refractivity contribution in [1.82, 2.24) is 14.5 Å². The average molecular weight is 399 g/mol. The summed E-state index contributed by atoms with van der Waals surface area (Å²) in [7, 11) is 0. The molecule has 6 heteroatoms. The largest absolute Gasteiger partial charge is 0.324 e. The van der Waals surface area contributed by atoms with E-state index in [4.69, 9.17) is 0 Å². The Labute approximate surface area is 154 Å². The number of anilines is 2. The van der Waals surface area contributed by atoms with Gasteiger partial charge in [0.15, 0.2) is 0 Å². The van der Waals surface area contributed by atoms with Crippen LogP contribution in [0.25, 0.3) is 11.0 Å². The van der Waals surface area contributed by atoms with E-state index in [-0.39, 0.29) is 11.6 Å². The van der Waals surface area contributed by atoms with Crippen LogP contribution in [-0.2, 0) is 0 Å². The number of rotatable bonds is 3. The second-order valence-electron chi connectivity index (χ2n) is 6.54. The molecule has 4 rings (SSSR count). The van der Waals surface area contributed by atoms with Crippen LogP contribution in [0.15, 0.2) is 45.8 Å². The lowest BCUT2D eigenvalue weighted by atomic mass is 10.2. The lowest BCUT2D eigenvalue weighted by Gasteiger charge is -2.16. The van der Waals surface area contributed by atoms with E-state index in [2.05, 4.69) is 31.2 Å². The molecule has 128 valence electrons. The van der Waals surface area contributed by atoms with Crippen LogP contribution in [0, 0.1) is 6.92 Å². The highest BCUT2D eigenvalue weighted by Crippen LogP contribution is 2.30. The number of benzene rings is 1. The van der Waals surface area contributed by atoms with Gasteiger partial charge in [-0.25, -0.2) is 4.98 Å². The third-order valence-corrected chi connectivity index (χ3v) is 5.66. The lowest BCUT2D eigenvalue weighted by Crippen LogP contribution is -2.23. The maximum atomic E-state index is 12.4. The molecule has 25 heavy (non-hydrogen) atoms. The Morgan fingerprint density at radius 3 is 2.76 bits per heavy atom. The van der Waals surface area contributed by atoms with Crippen LogP contribution in [0.5, 0.6) is 0 Å². The number of halogens is 1. The molecule has 0 aliphatic heterocycles. The zero-order valence-corrected chi connectivity index (χ0v) is 15.6. The summed E-state index contributed by atoms with van der Waals surface area (Å²) in [4.78, 5) is 21.5. The van der Waals surface area contributed by atoms with Crippen molar-refractivity contribution in [3.8, 4) is 0 Å². The van der Waals surface area contributed by atoms with Crippen LogP contribution in [0.3, 0.4) is 0 Å². The molecule has 0 radical (unpaired) electrons. The maximum absolute atomic E-state index is 12.4. The molecule has 0 amide bonds. The molecule has 0 spiro atoms. The fraction of sp³-hybridized carbons (Fsp3) is 0.316. The number of nitrogens with one attached hydrogen (secondary N) is 1. The maximum Gasteiger partial charge on any atom is 0.252 e. The minimum Gasteiger partial charge on any atom is -0.324 e. The minimum absolute atomic E-state index is 0.0172. The predicted octanol–water partition coefficient (Wildman–Crippen LogP) is 4.72. The molecule has 0 atom stereocenters. The predicted molar refractivity (Wildman–Crippen MR) is 103 cm³/mol. The molecule has 1 saturated carbocycles. The van der Waals surface area contributed by atoms with Gasteiger partial charge in [-0.15, -0.1) is 0 Å². The van der Waals surface area contributed by atoms with E-state index in [0.29, 0.717) is 11.6 Å². The van der Waals surface area contributed by atoms with Crippen molar-refractivity contribution in [2.24, 2.45) is 0 Å². The second kappa shape index (κ2) is 6.59. The molecule has 1 fully saturated rings. The van der Waals surface area contributed by atoms with Crippen LogP contribution in [-0.4, -0.2) is 14.5 Å². The van der Waals surface area contributed by atoms with E-state index in [0.717, 1.165) is 34.0 Å². The van der Waals surface area contributed by atoms with Gasteiger partial charge in [-0.05, 0) is 49.6 Å². The van der Waals surface area contributed by atoms with Gasteiger partial charge >= 0.3 is 0 Å². The van der Waals surface area contributed by atoms with Crippen LogP contribution in [0.1, 0.15) is 37.3 Å². The van der Waals surface area contributed by atoms with Gasteiger partial charge in [0, 0.05) is 33.9 Å². The molecule has 1 aromatic carbocycles. The van der Waals surface area contributed by atoms with E-state index < -0.39 is 0 Å². The van der Waals surface area contributed by atoms with Crippen LogP contribution in [0.2, 0.25) is 0 Å². The Morgan fingerprint density at radius 2 is 2.00 bits per heavy atom. The highest BCUT2D eigenvalue weighted by molar-refractivity contribution is 9.10. The van der Waals surface area contributed by atoms with Gasteiger partial charge in [0.25, 0.3) is 5.56 Å². The van der Waals surface area contributed by atoms with Gasteiger partial charge in [-0.2, -0.15) is 4.98 Å². The third-order valence-electron chi connectivity index (χ3n) is 4.77. The SMILES string of the molecule is Cc1cc(Nc2ncc3ccc(=O)n(C4CCCC4)c3n2)ccc1Br. The molecule has 3 aromatic rings. The van der Waals surface area contributed by atoms with Gasteiger partial charge in [0.1, 0.15) is 5.65 Å². The molecule has 0 saturated heterocycles. The number of aryl methyl sites for hydroxylation is 1. The Kier molecular flexibility index (Phi) is 4.29. The van der Waals surface area contributed by atoms with Crippen LogP contribution < -0.4 is 10.9 Å². The topological polar surface area (TPSA) is 59.8 Å². The first kappa shape index (κ1) is 16.3. The minimum atomic E-state index is 0.0172. The third kappa shape index (κ3) is 3.18. The normalized spacial score (nSPS) is 15.0. The number of pyridine rings is 1. The van der Waals surface area contributed by atoms with Crippen molar-refractivity contribution in [3.63, 3.8) is 0 Å². The van der Waals surface area contributed by atoms with Crippen molar-refractivity contribution in [1.29, 1.82) is 0 Å². The van der Waals surface area contributed by atoms with Crippen molar-refractivity contribution in [2.45, 2.75) is 38.6 Å². The molecular formula is C19H19BrN4O. The summed E-state index contributed by atoms with van der Waals surface area (Å²) in [6.45, 7) is 2.04. The molecule has 1 aliphatic carbocycles. The smallest absolute Gasteiger partial charge is 0.252 e. The molecule has 2 aromatic heterocycles. The van der Waals surface area contributed by atoms with Crippen molar-refractivity contribution in [2.75, 3.05) is 5.32 Å². The zero-order chi connectivity index (χ0) is 17.4. The van der Waals surface area contributed by atoms with Gasteiger partial charge in [-0.3, -0.25) is 9.36 Å². The summed E-state index contributed by atoms with van der Waals surface area (Å²) in [6.07, 6.45) is 6.19. The average Bonchev–Trinajstić information content (AvgIpc) is 3.12. The zero-order valence-electron chi connectivity index (χ0n) is 14.0. The first-order valence-electron chi connectivity index (χ1n) is 8.53. The first-order valence-corrected chi connectivity index (χ1v) is 9.32. The fourth-order valence-electron chi connectivity index (χ4n) is 3.47. The van der Waals surface area contributed by atoms with E-state index in [1.807, 2.05) is 29.7 Å². The van der Waals surface area contributed by atoms with Gasteiger partial charge in [-0.1, -0.05) is 28.8 Å². The summed E-state index contributed by atoms with van der Waals surface area (Å²) in [5.74, 6) is 0.506. The molecular weight excluding hydrogens is 380 g/mol. The van der Waals surface area contributed by atoms with Gasteiger partial charge < -0.3 is 5.32 Å². The van der Waals surface area contributed by atoms with Gasteiger partial charge in [0.05, 0.1) is 0 Å². The van der Waals surface area contributed by atoms with Crippen molar-refractivity contribution >= 4 is 38.6 Å². The van der Waals surface area contributed by atoms with Crippen molar-refractivity contribution < 1.29 is 0 Å². The van der Waals surface area contributed by atoms with Crippen LogP contribution in [0.4, 0.5) is 11.6 Å². The van der Waals surface area contributed by atoms with E-state index in [1.165, 1.54) is 12.8 Å². The highest BCUT2D eigenvalue weighted by atomic mass is 79.9. The van der Waals surface area contributed by atoms with Gasteiger partial charge in [0.2, 0.25) is 5.95 Å².